The molecule has 0 aromatic carbocycles. The quantitative estimate of drug-likeness (QED) is 0.541. The lowest BCUT2D eigenvalue weighted by Gasteiger charge is -2.07. The summed E-state index contributed by atoms with van der Waals surface area (Å²) < 4.78 is 9.78. The summed E-state index contributed by atoms with van der Waals surface area (Å²) >= 11 is 0. The topological polar surface area (TPSA) is 84.9 Å². The van der Waals surface area contributed by atoms with Gasteiger partial charge in [-0.05, 0) is 12.8 Å². The Morgan fingerprint density at radius 2 is 2.06 bits per heavy atom. The van der Waals surface area contributed by atoms with E-state index in [-0.39, 0.29) is 18.4 Å². The van der Waals surface area contributed by atoms with Crippen molar-refractivity contribution < 1.29 is 24.2 Å². The van der Waals surface area contributed by atoms with Crippen LogP contribution in [-0.2, 0) is 19.1 Å². The smallest absolute Gasteiger partial charge is 0.306 e. The Morgan fingerprint density at radius 3 is 2.65 bits per heavy atom. The zero-order valence-electron chi connectivity index (χ0n) is 10.4. The highest BCUT2D eigenvalue weighted by Gasteiger charge is 2.09. The molecule has 0 heterocycles. The molecule has 0 saturated carbocycles. The van der Waals surface area contributed by atoms with E-state index < -0.39 is 5.97 Å². The number of rotatable bonds is 10. The van der Waals surface area contributed by atoms with Crippen molar-refractivity contribution in [3.05, 3.63) is 0 Å². The van der Waals surface area contributed by atoms with Crippen molar-refractivity contribution in [3.8, 4) is 0 Å². The molecule has 0 fully saturated rings. The largest absolute Gasteiger partial charge is 0.481 e. The van der Waals surface area contributed by atoms with Gasteiger partial charge in [0, 0.05) is 13.7 Å². The van der Waals surface area contributed by atoms with Crippen LogP contribution in [0.3, 0.4) is 0 Å². The van der Waals surface area contributed by atoms with Crippen molar-refractivity contribution in [3.63, 3.8) is 0 Å². The molecular formula is C11H21NO5. The predicted molar refractivity (Wildman–Crippen MR) is 61.7 cm³/mol. The molecule has 1 amide bonds. The standard InChI is InChI=1S/C11H21NO5/c1-9(11(14)15)4-3-5-12-10(13)8-17-7-6-16-2/h9H,3-8H2,1-2H3,(H,12,13)(H,14,15). The lowest BCUT2D eigenvalue weighted by molar-refractivity contribution is -0.141. The van der Waals surface area contributed by atoms with Crippen molar-refractivity contribution in [2.75, 3.05) is 33.5 Å². The van der Waals surface area contributed by atoms with Crippen LogP contribution in [0.2, 0.25) is 0 Å². The van der Waals surface area contributed by atoms with Gasteiger partial charge >= 0.3 is 5.97 Å². The minimum atomic E-state index is -0.806. The van der Waals surface area contributed by atoms with Crippen molar-refractivity contribution in [2.24, 2.45) is 5.92 Å². The van der Waals surface area contributed by atoms with Gasteiger partial charge in [0.15, 0.2) is 0 Å². The first-order valence-electron chi connectivity index (χ1n) is 5.64. The maximum Gasteiger partial charge on any atom is 0.306 e. The Balaban J connectivity index is 3.36. The fraction of sp³-hybridized carbons (Fsp3) is 0.818. The molecule has 0 spiro atoms. The summed E-state index contributed by atoms with van der Waals surface area (Å²) in [4.78, 5) is 21.7. The second-order valence-corrected chi connectivity index (χ2v) is 3.78. The molecule has 0 bridgehead atoms. The van der Waals surface area contributed by atoms with Crippen LogP contribution in [0.15, 0.2) is 0 Å². The monoisotopic (exact) mass is 247 g/mol. The number of hydrogen-bond donors (Lipinski definition) is 2. The van der Waals surface area contributed by atoms with E-state index >= 15 is 0 Å². The van der Waals surface area contributed by atoms with Crippen LogP contribution in [0.4, 0.5) is 0 Å². The predicted octanol–water partition coefficient (Wildman–Crippen LogP) is 0.266. The van der Waals surface area contributed by atoms with Crippen LogP contribution in [0.5, 0.6) is 0 Å². The number of carbonyl (C=O) groups is 2. The number of carboxylic acid groups (broad SMARTS) is 1. The molecule has 0 radical (unpaired) electrons. The van der Waals surface area contributed by atoms with E-state index in [0.29, 0.717) is 32.6 Å². The van der Waals surface area contributed by atoms with Crippen LogP contribution >= 0.6 is 0 Å². The molecule has 1 atom stereocenters. The van der Waals surface area contributed by atoms with Gasteiger partial charge in [0.2, 0.25) is 5.91 Å². The van der Waals surface area contributed by atoms with Gasteiger partial charge in [-0.1, -0.05) is 6.92 Å². The maximum atomic E-state index is 11.2. The van der Waals surface area contributed by atoms with Gasteiger partial charge in [-0.15, -0.1) is 0 Å². The van der Waals surface area contributed by atoms with E-state index in [1.54, 1.807) is 14.0 Å². The summed E-state index contributed by atoms with van der Waals surface area (Å²) in [5.41, 5.74) is 0. The molecule has 0 rings (SSSR count). The van der Waals surface area contributed by atoms with E-state index in [0.717, 1.165) is 0 Å². The van der Waals surface area contributed by atoms with Crippen LogP contribution in [-0.4, -0.2) is 50.5 Å². The molecule has 0 aromatic rings. The first-order valence-corrected chi connectivity index (χ1v) is 5.64. The number of aliphatic carboxylic acids is 1. The number of hydrogen-bond acceptors (Lipinski definition) is 4. The lowest BCUT2D eigenvalue weighted by atomic mass is 10.1. The van der Waals surface area contributed by atoms with Crippen LogP contribution in [0, 0.1) is 5.92 Å². The van der Waals surface area contributed by atoms with Crippen molar-refractivity contribution >= 4 is 11.9 Å². The molecule has 100 valence electrons. The fourth-order valence-electron chi connectivity index (χ4n) is 1.12. The molecule has 1 unspecified atom stereocenters. The summed E-state index contributed by atoms with van der Waals surface area (Å²) in [6.07, 6.45) is 1.21. The maximum absolute atomic E-state index is 11.2. The van der Waals surface area contributed by atoms with E-state index in [2.05, 4.69) is 5.32 Å². The highest BCUT2D eigenvalue weighted by atomic mass is 16.5. The summed E-state index contributed by atoms with van der Waals surface area (Å²) in [6, 6.07) is 0. The van der Waals surface area contributed by atoms with Gasteiger partial charge in [0.1, 0.15) is 6.61 Å². The van der Waals surface area contributed by atoms with Gasteiger partial charge in [-0.2, -0.15) is 0 Å². The second-order valence-electron chi connectivity index (χ2n) is 3.78. The molecule has 2 N–H and O–H groups in total. The average Bonchev–Trinajstić information content (AvgIpc) is 2.29. The number of nitrogens with one attached hydrogen (secondary N) is 1. The van der Waals surface area contributed by atoms with Crippen LogP contribution in [0.1, 0.15) is 19.8 Å². The lowest BCUT2D eigenvalue weighted by Crippen LogP contribution is -2.29. The molecular weight excluding hydrogens is 226 g/mol. The fourth-order valence-corrected chi connectivity index (χ4v) is 1.12. The zero-order valence-corrected chi connectivity index (χ0v) is 10.4. The molecule has 0 aliphatic carbocycles. The number of carboxylic acids is 1. The highest BCUT2D eigenvalue weighted by Crippen LogP contribution is 2.03. The first kappa shape index (κ1) is 15.9. The van der Waals surface area contributed by atoms with Crippen LogP contribution in [0.25, 0.3) is 0 Å². The Morgan fingerprint density at radius 1 is 1.35 bits per heavy atom. The summed E-state index contributed by atoms with van der Waals surface area (Å²) in [5.74, 6) is -1.37. The highest BCUT2D eigenvalue weighted by molar-refractivity contribution is 5.77. The number of ether oxygens (including phenoxy) is 2. The van der Waals surface area contributed by atoms with E-state index in [9.17, 15) is 9.59 Å². The van der Waals surface area contributed by atoms with E-state index in [4.69, 9.17) is 14.6 Å². The number of methoxy groups -OCH3 is 1. The molecule has 0 aliphatic heterocycles. The van der Waals surface area contributed by atoms with Crippen LogP contribution < -0.4 is 5.32 Å². The first-order chi connectivity index (χ1) is 8.07. The van der Waals surface area contributed by atoms with Crippen molar-refractivity contribution in [1.82, 2.24) is 5.32 Å². The molecule has 17 heavy (non-hydrogen) atoms. The van der Waals surface area contributed by atoms with Gasteiger partial charge in [-0.3, -0.25) is 9.59 Å². The molecule has 0 aromatic heterocycles. The van der Waals surface area contributed by atoms with Gasteiger partial charge in [-0.25, -0.2) is 0 Å². The Hall–Kier alpha value is -1.14. The molecule has 6 nitrogen and oxygen atoms in total. The molecule has 0 saturated heterocycles. The summed E-state index contributed by atoms with van der Waals surface area (Å²) in [6.45, 7) is 2.99. The second kappa shape index (κ2) is 10.0. The SMILES string of the molecule is COCCOCC(=O)NCCCC(C)C(=O)O. The third-order valence-electron chi connectivity index (χ3n) is 2.22. The Kier molecular flexibility index (Phi) is 9.37. The van der Waals surface area contributed by atoms with E-state index in [1.807, 2.05) is 0 Å². The zero-order chi connectivity index (χ0) is 13.1. The molecule has 0 aliphatic rings. The van der Waals surface area contributed by atoms with Gasteiger partial charge < -0.3 is 19.9 Å². The third kappa shape index (κ3) is 9.77. The summed E-state index contributed by atoms with van der Waals surface area (Å²) in [7, 11) is 1.56. The van der Waals surface area contributed by atoms with Gasteiger partial charge in [0.25, 0.3) is 0 Å². The summed E-state index contributed by atoms with van der Waals surface area (Å²) in [5, 5.41) is 11.3. The minimum absolute atomic E-state index is 0.0118. The third-order valence-corrected chi connectivity index (χ3v) is 2.22. The average molecular weight is 247 g/mol. The number of amides is 1. The van der Waals surface area contributed by atoms with Gasteiger partial charge in [0.05, 0.1) is 19.1 Å². The van der Waals surface area contributed by atoms with E-state index in [1.165, 1.54) is 0 Å². The normalized spacial score (nSPS) is 12.1. The number of carbonyl (C=O) groups excluding carboxylic acids is 1. The van der Waals surface area contributed by atoms with Crippen molar-refractivity contribution in [1.29, 1.82) is 0 Å². The Labute approximate surface area is 101 Å². The molecule has 6 heteroatoms. The Bertz CT molecular complexity index is 232. The van der Waals surface area contributed by atoms with Crippen molar-refractivity contribution in [2.45, 2.75) is 19.8 Å². The minimum Gasteiger partial charge on any atom is -0.481 e.